The van der Waals surface area contributed by atoms with Crippen LogP contribution in [0.5, 0.6) is 0 Å². The zero-order valence-electron chi connectivity index (χ0n) is 12.0. The Morgan fingerprint density at radius 1 is 1.30 bits per heavy atom. The van der Waals surface area contributed by atoms with E-state index in [1.54, 1.807) is 0 Å². The molecule has 0 N–H and O–H groups in total. The SMILES string of the molecule is CCOC(=O)C(C=S)c1ccc(C2CCCCC2)cc1. The van der Waals surface area contributed by atoms with Crippen LogP contribution < -0.4 is 0 Å². The fraction of sp³-hybridized carbons (Fsp3) is 0.529. The second-order valence-electron chi connectivity index (χ2n) is 5.37. The zero-order chi connectivity index (χ0) is 14.4. The lowest BCUT2D eigenvalue weighted by Gasteiger charge is -2.22. The van der Waals surface area contributed by atoms with E-state index in [-0.39, 0.29) is 5.97 Å². The molecule has 0 radical (unpaired) electrons. The molecule has 1 aliphatic rings. The highest BCUT2D eigenvalue weighted by atomic mass is 32.1. The first-order valence-corrected chi connectivity index (χ1v) is 7.95. The summed E-state index contributed by atoms with van der Waals surface area (Å²) in [5.74, 6) is 0.00426. The first-order valence-electron chi connectivity index (χ1n) is 7.48. The van der Waals surface area contributed by atoms with Crippen LogP contribution in [0.4, 0.5) is 0 Å². The van der Waals surface area contributed by atoms with Gasteiger partial charge < -0.3 is 4.74 Å². The Labute approximate surface area is 126 Å². The average molecular weight is 290 g/mol. The Bertz CT molecular complexity index is 447. The lowest BCUT2D eigenvalue weighted by molar-refractivity contribution is -0.143. The largest absolute Gasteiger partial charge is 0.465 e. The highest BCUT2D eigenvalue weighted by Gasteiger charge is 2.20. The zero-order valence-corrected chi connectivity index (χ0v) is 12.8. The average Bonchev–Trinajstić information content (AvgIpc) is 2.50. The standard InChI is InChI=1S/C17H22O2S/c1-2-19-17(18)16(12-20)15-10-8-14(9-11-15)13-6-4-3-5-7-13/h8-13,16H,2-7H2,1H3. The first-order chi connectivity index (χ1) is 9.76. The fourth-order valence-corrected chi connectivity index (χ4v) is 3.18. The van der Waals surface area contributed by atoms with Gasteiger partial charge in [-0.25, -0.2) is 0 Å². The molecule has 3 heteroatoms. The number of hydrogen-bond donors (Lipinski definition) is 0. The summed E-state index contributed by atoms with van der Waals surface area (Å²) in [6.07, 6.45) is 6.60. The first kappa shape index (κ1) is 15.2. The molecule has 0 saturated heterocycles. The van der Waals surface area contributed by atoms with Gasteiger partial charge >= 0.3 is 5.97 Å². The van der Waals surface area contributed by atoms with Gasteiger partial charge in [0.25, 0.3) is 0 Å². The van der Waals surface area contributed by atoms with Gasteiger partial charge in [-0.05, 0) is 42.2 Å². The van der Waals surface area contributed by atoms with Crippen LogP contribution in [0.25, 0.3) is 0 Å². The van der Waals surface area contributed by atoms with E-state index in [1.807, 2.05) is 19.1 Å². The summed E-state index contributed by atoms with van der Waals surface area (Å²) in [5.41, 5.74) is 2.32. The summed E-state index contributed by atoms with van der Waals surface area (Å²) in [5, 5.41) is 1.49. The van der Waals surface area contributed by atoms with E-state index >= 15 is 0 Å². The number of thiocarbonyl (C=S) groups is 1. The van der Waals surface area contributed by atoms with Crippen molar-refractivity contribution in [3.05, 3.63) is 35.4 Å². The minimum absolute atomic E-state index is 0.257. The van der Waals surface area contributed by atoms with Crippen molar-refractivity contribution in [3.8, 4) is 0 Å². The molecular formula is C17H22O2S. The molecule has 1 aliphatic carbocycles. The van der Waals surface area contributed by atoms with E-state index in [0.29, 0.717) is 12.5 Å². The van der Waals surface area contributed by atoms with Crippen LogP contribution in [0.2, 0.25) is 0 Å². The number of rotatable bonds is 5. The Hall–Kier alpha value is -1.22. The normalized spacial score (nSPS) is 17.4. The molecule has 0 aromatic heterocycles. The van der Waals surface area contributed by atoms with Gasteiger partial charge in [0.2, 0.25) is 0 Å². The number of benzene rings is 1. The third-order valence-electron chi connectivity index (χ3n) is 4.05. The van der Waals surface area contributed by atoms with Crippen LogP contribution in [0.1, 0.15) is 62.0 Å². The molecule has 1 saturated carbocycles. The maximum Gasteiger partial charge on any atom is 0.318 e. The molecule has 2 rings (SSSR count). The second-order valence-corrected chi connectivity index (χ2v) is 5.64. The molecule has 2 nitrogen and oxygen atoms in total. The minimum Gasteiger partial charge on any atom is -0.465 e. The summed E-state index contributed by atoms with van der Waals surface area (Å²) >= 11 is 4.98. The number of carbonyl (C=O) groups excluding carboxylic acids is 1. The van der Waals surface area contributed by atoms with E-state index in [9.17, 15) is 4.79 Å². The lowest BCUT2D eigenvalue weighted by Crippen LogP contribution is -2.16. The van der Waals surface area contributed by atoms with Crippen molar-refractivity contribution in [1.82, 2.24) is 0 Å². The van der Waals surface area contributed by atoms with Crippen LogP contribution in [-0.4, -0.2) is 17.9 Å². The van der Waals surface area contributed by atoms with E-state index in [4.69, 9.17) is 17.0 Å². The molecule has 108 valence electrons. The Morgan fingerprint density at radius 3 is 2.50 bits per heavy atom. The molecule has 1 aromatic rings. The second kappa shape index (κ2) is 7.53. The van der Waals surface area contributed by atoms with Gasteiger partial charge in [-0.15, -0.1) is 0 Å². The van der Waals surface area contributed by atoms with Gasteiger partial charge in [-0.3, -0.25) is 4.79 Å². The molecule has 1 fully saturated rings. The molecule has 0 amide bonds. The Balaban J connectivity index is 2.09. The monoisotopic (exact) mass is 290 g/mol. The molecule has 0 bridgehead atoms. The number of hydrogen-bond acceptors (Lipinski definition) is 3. The molecule has 0 heterocycles. The van der Waals surface area contributed by atoms with Crippen LogP contribution in [0.15, 0.2) is 24.3 Å². The summed E-state index contributed by atoms with van der Waals surface area (Å²) in [7, 11) is 0. The van der Waals surface area contributed by atoms with Crippen molar-refractivity contribution in [2.24, 2.45) is 0 Å². The van der Waals surface area contributed by atoms with Gasteiger partial charge in [-0.2, -0.15) is 0 Å². The van der Waals surface area contributed by atoms with Gasteiger partial charge in [0.15, 0.2) is 0 Å². The van der Waals surface area contributed by atoms with Crippen LogP contribution in [0.3, 0.4) is 0 Å². The van der Waals surface area contributed by atoms with Crippen molar-refractivity contribution in [2.45, 2.75) is 50.9 Å². The maximum absolute atomic E-state index is 11.8. The summed E-state index contributed by atoms with van der Waals surface area (Å²) in [6, 6.07) is 8.34. The number of ether oxygens (including phenoxy) is 1. The third-order valence-corrected chi connectivity index (χ3v) is 4.32. The maximum atomic E-state index is 11.8. The van der Waals surface area contributed by atoms with E-state index < -0.39 is 5.92 Å². The third kappa shape index (κ3) is 3.66. The van der Waals surface area contributed by atoms with Gasteiger partial charge in [0.05, 0.1) is 6.61 Å². The molecule has 0 aliphatic heterocycles. The van der Waals surface area contributed by atoms with Gasteiger partial charge in [0, 0.05) is 0 Å². The fourth-order valence-electron chi connectivity index (χ4n) is 2.91. The van der Waals surface area contributed by atoms with E-state index in [0.717, 1.165) is 5.56 Å². The molecule has 1 aromatic carbocycles. The van der Waals surface area contributed by atoms with Crippen molar-refractivity contribution in [2.75, 3.05) is 6.61 Å². The molecule has 1 unspecified atom stereocenters. The van der Waals surface area contributed by atoms with Crippen molar-refractivity contribution >= 4 is 23.6 Å². The minimum atomic E-state index is -0.426. The van der Waals surface area contributed by atoms with Gasteiger partial charge in [0.1, 0.15) is 5.92 Å². The highest BCUT2D eigenvalue weighted by Crippen LogP contribution is 2.33. The molecular weight excluding hydrogens is 268 g/mol. The van der Waals surface area contributed by atoms with Crippen molar-refractivity contribution in [3.63, 3.8) is 0 Å². The number of carbonyl (C=O) groups is 1. The highest BCUT2D eigenvalue weighted by molar-refractivity contribution is 7.79. The Kier molecular flexibility index (Phi) is 5.72. The van der Waals surface area contributed by atoms with Crippen LogP contribution >= 0.6 is 12.2 Å². The van der Waals surface area contributed by atoms with E-state index in [2.05, 4.69) is 12.1 Å². The van der Waals surface area contributed by atoms with Gasteiger partial charge in [-0.1, -0.05) is 55.7 Å². The predicted octanol–water partition coefficient (Wildman–Crippen LogP) is 4.38. The lowest BCUT2D eigenvalue weighted by atomic mass is 9.83. The van der Waals surface area contributed by atoms with Crippen LogP contribution in [0, 0.1) is 0 Å². The molecule has 1 atom stereocenters. The molecule has 0 spiro atoms. The van der Waals surface area contributed by atoms with E-state index in [1.165, 1.54) is 43.0 Å². The van der Waals surface area contributed by atoms with Crippen molar-refractivity contribution in [1.29, 1.82) is 0 Å². The predicted molar refractivity (Wildman–Crippen MR) is 85.3 cm³/mol. The topological polar surface area (TPSA) is 26.3 Å². The quantitative estimate of drug-likeness (QED) is 0.594. The van der Waals surface area contributed by atoms with Crippen molar-refractivity contribution < 1.29 is 9.53 Å². The summed E-state index contributed by atoms with van der Waals surface area (Å²) in [6.45, 7) is 2.20. The Morgan fingerprint density at radius 2 is 1.95 bits per heavy atom. The summed E-state index contributed by atoms with van der Waals surface area (Å²) in [4.78, 5) is 11.8. The summed E-state index contributed by atoms with van der Waals surface area (Å²) < 4.78 is 5.06. The smallest absolute Gasteiger partial charge is 0.318 e. The van der Waals surface area contributed by atoms with Crippen LogP contribution in [-0.2, 0) is 9.53 Å². The molecule has 20 heavy (non-hydrogen) atoms. The number of esters is 1.